The van der Waals surface area contributed by atoms with Crippen molar-refractivity contribution in [2.45, 2.75) is 57.3 Å². The van der Waals surface area contributed by atoms with Crippen molar-refractivity contribution in [3.63, 3.8) is 0 Å². The highest BCUT2D eigenvalue weighted by Gasteiger charge is 2.53. The van der Waals surface area contributed by atoms with E-state index in [1.54, 1.807) is 23.9 Å². The minimum absolute atomic E-state index is 0.0236. The van der Waals surface area contributed by atoms with Gasteiger partial charge in [0.25, 0.3) is 5.91 Å². The van der Waals surface area contributed by atoms with Crippen LogP contribution in [0.4, 0.5) is 13.2 Å². The average molecular weight is 534 g/mol. The molecule has 1 N–H and O–H groups in total. The second kappa shape index (κ2) is 8.86. The first kappa shape index (κ1) is 25.2. The van der Waals surface area contributed by atoms with Gasteiger partial charge in [0.05, 0.1) is 5.56 Å². The van der Waals surface area contributed by atoms with Gasteiger partial charge in [-0.25, -0.2) is 13.2 Å². The van der Waals surface area contributed by atoms with E-state index in [1.807, 2.05) is 6.92 Å². The average Bonchev–Trinajstić information content (AvgIpc) is 3.31. The van der Waals surface area contributed by atoms with E-state index in [2.05, 4.69) is 10.2 Å². The molecule has 1 aliphatic heterocycles. The molecule has 0 radical (unpaired) electrons. The zero-order valence-corrected chi connectivity index (χ0v) is 21.4. The number of alkyl halides is 1. The van der Waals surface area contributed by atoms with Crippen LogP contribution in [0, 0.1) is 11.6 Å². The fraction of sp³-hybridized carbons (Fsp3) is 0.440. The summed E-state index contributed by atoms with van der Waals surface area (Å²) in [7, 11) is 1.75. The van der Waals surface area contributed by atoms with Gasteiger partial charge < -0.3 is 10.0 Å². The normalized spacial score (nSPS) is 23.6. The third kappa shape index (κ3) is 4.07. The number of pyridine rings is 1. The molecule has 1 aliphatic carbocycles. The van der Waals surface area contributed by atoms with Crippen LogP contribution in [0.15, 0.2) is 29.2 Å². The van der Waals surface area contributed by atoms with E-state index in [4.69, 9.17) is 0 Å². The first-order valence-electron chi connectivity index (χ1n) is 12.0. The molecule has 2 aliphatic rings. The van der Waals surface area contributed by atoms with Gasteiger partial charge in [-0.2, -0.15) is 0 Å². The molecule has 8 nitrogen and oxygen atoms in total. The monoisotopic (exact) mass is 533 g/mol. The highest BCUT2D eigenvalue weighted by atomic mass is 32.1. The summed E-state index contributed by atoms with van der Waals surface area (Å²) in [6.45, 7) is 3.68. The van der Waals surface area contributed by atoms with E-state index >= 15 is 0 Å². The van der Waals surface area contributed by atoms with Gasteiger partial charge in [-0.3, -0.25) is 19.3 Å². The molecule has 3 heterocycles. The van der Waals surface area contributed by atoms with Gasteiger partial charge in [0.2, 0.25) is 5.43 Å². The fourth-order valence-corrected chi connectivity index (χ4v) is 6.20. The number of hydrogen-bond acceptors (Lipinski definition) is 7. The Labute approximate surface area is 214 Å². The van der Waals surface area contributed by atoms with Crippen molar-refractivity contribution in [3.05, 3.63) is 62.5 Å². The Morgan fingerprint density at radius 1 is 1.14 bits per heavy atom. The van der Waals surface area contributed by atoms with Gasteiger partial charge in [0.1, 0.15) is 28.0 Å². The van der Waals surface area contributed by atoms with E-state index in [9.17, 15) is 27.9 Å². The predicted octanol–water partition coefficient (Wildman–Crippen LogP) is 3.98. The van der Waals surface area contributed by atoms with E-state index in [0.29, 0.717) is 24.4 Å². The smallest absolute Gasteiger partial charge is 0.278 e. The number of aromatic nitrogens is 3. The number of hydrogen-bond donors (Lipinski definition) is 1. The summed E-state index contributed by atoms with van der Waals surface area (Å²) in [4.78, 5) is 28.2. The maximum Gasteiger partial charge on any atom is 0.278 e. The number of carbonyl (C=O) groups is 1. The highest BCUT2D eigenvalue weighted by molar-refractivity contribution is 7.14. The predicted molar refractivity (Wildman–Crippen MR) is 132 cm³/mol. The Morgan fingerprint density at radius 3 is 2.49 bits per heavy atom. The largest absolute Gasteiger partial charge is 0.502 e. The van der Waals surface area contributed by atoms with Crippen LogP contribution in [0.2, 0.25) is 0 Å². The Morgan fingerprint density at radius 2 is 1.84 bits per heavy atom. The molecule has 0 saturated heterocycles. The first-order valence-corrected chi connectivity index (χ1v) is 12.8. The topological polar surface area (TPSA) is 91.6 Å². The standard InChI is InChI=1S/C25H26F3N5O3S/c1-4-32-23(36)19-21(35)20(34)16(13-33(19)31(3)25(32)9-7-24(2,28)8-10-25)22-30-29-18(37-22)11-14-5-6-15(26)12-17(14)27/h5-6,12-13,35H,4,7-11H2,1-3H3. The van der Waals surface area contributed by atoms with Crippen molar-refractivity contribution < 1.29 is 23.1 Å². The molecule has 12 heteroatoms. The molecule has 1 amide bonds. The van der Waals surface area contributed by atoms with E-state index in [1.165, 1.54) is 16.9 Å². The van der Waals surface area contributed by atoms with Crippen molar-refractivity contribution in [2.75, 3.05) is 18.6 Å². The van der Waals surface area contributed by atoms with Crippen LogP contribution in [0.5, 0.6) is 5.75 Å². The number of aromatic hydroxyl groups is 1. The molecule has 1 saturated carbocycles. The first-order chi connectivity index (χ1) is 17.5. The van der Waals surface area contributed by atoms with Crippen molar-refractivity contribution >= 4 is 17.2 Å². The molecule has 196 valence electrons. The van der Waals surface area contributed by atoms with Crippen LogP contribution in [0.25, 0.3) is 10.6 Å². The highest BCUT2D eigenvalue weighted by Crippen LogP contribution is 2.44. The number of rotatable bonds is 4. The molecule has 2 aromatic heterocycles. The van der Waals surface area contributed by atoms with Gasteiger partial charge in [0.15, 0.2) is 16.5 Å². The summed E-state index contributed by atoms with van der Waals surface area (Å²) in [5.41, 5.74) is -2.87. The van der Waals surface area contributed by atoms with Gasteiger partial charge >= 0.3 is 0 Å². The Balaban J connectivity index is 1.56. The molecule has 1 aromatic carbocycles. The number of carbonyl (C=O) groups excluding carboxylic acids is 1. The van der Waals surface area contributed by atoms with Gasteiger partial charge in [-0.1, -0.05) is 17.4 Å². The Bertz CT molecular complexity index is 1440. The molecular formula is C25H26F3N5O3S. The summed E-state index contributed by atoms with van der Waals surface area (Å²) < 4.78 is 43.5. The molecular weight excluding hydrogens is 507 g/mol. The third-order valence-electron chi connectivity index (χ3n) is 7.50. The second-order valence-corrected chi connectivity index (χ2v) is 10.9. The minimum atomic E-state index is -1.33. The van der Waals surface area contributed by atoms with Gasteiger partial charge in [-0.15, -0.1) is 10.2 Å². The van der Waals surface area contributed by atoms with Crippen LogP contribution < -0.4 is 10.4 Å². The maximum atomic E-state index is 14.7. The lowest BCUT2D eigenvalue weighted by Crippen LogP contribution is -2.70. The third-order valence-corrected chi connectivity index (χ3v) is 8.46. The molecule has 37 heavy (non-hydrogen) atoms. The summed E-state index contributed by atoms with van der Waals surface area (Å²) in [6.07, 6.45) is 2.76. The lowest BCUT2D eigenvalue weighted by Gasteiger charge is -2.57. The van der Waals surface area contributed by atoms with Gasteiger partial charge in [-0.05, 0) is 51.2 Å². The Hall–Kier alpha value is -3.41. The van der Waals surface area contributed by atoms with Crippen molar-refractivity contribution in [1.82, 2.24) is 19.8 Å². The zero-order chi connectivity index (χ0) is 26.7. The van der Waals surface area contributed by atoms with Crippen LogP contribution in [-0.4, -0.2) is 55.7 Å². The molecule has 1 fully saturated rings. The zero-order valence-electron chi connectivity index (χ0n) is 20.6. The summed E-state index contributed by atoms with van der Waals surface area (Å²) >= 11 is 1.03. The van der Waals surface area contributed by atoms with E-state index in [-0.39, 0.29) is 41.1 Å². The van der Waals surface area contributed by atoms with E-state index < -0.39 is 40.1 Å². The SMILES string of the molecule is CCN1C(=O)c2c(O)c(=O)c(-c3nnc(Cc4ccc(F)cc4F)s3)cn2N(C)C12CCC(C)(F)CC2. The van der Waals surface area contributed by atoms with Crippen LogP contribution in [0.1, 0.15) is 60.6 Å². The van der Waals surface area contributed by atoms with Crippen molar-refractivity contribution in [2.24, 2.45) is 0 Å². The molecule has 3 aromatic rings. The van der Waals surface area contributed by atoms with Crippen LogP contribution >= 0.6 is 11.3 Å². The molecule has 0 bridgehead atoms. The maximum absolute atomic E-state index is 14.7. The minimum Gasteiger partial charge on any atom is -0.502 e. The second-order valence-electron chi connectivity index (χ2n) is 9.80. The summed E-state index contributed by atoms with van der Waals surface area (Å²) in [5.74, 6) is -2.63. The molecule has 1 spiro atoms. The molecule has 0 atom stereocenters. The summed E-state index contributed by atoms with van der Waals surface area (Å²) in [5, 5.41) is 21.3. The fourth-order valence-electron chi connectivity index (χ4n) is 5.33. The summed E-state index contributed by atoms with van der Waals surface area (Å²) in [6, 6.07) is 3.24. The molecule has 0 unspecified atom stereocenters. The van der Waals surface area contributed by atoms with Crippen LogP contribution in [-0.2, 0) is 6.42 Å². The van der Waals surface area contributed by atoms with Crippen LogP contribution in [0.3, 0.4) is 0 Å². The lowest BCUT2D eigenvalue weighted by atomic mass is 9.78. The van der Waals surface area contributed by atoms with Crippen molar-refractivity contribution in [3.8, 4) is 16.3 Å². The van der Waals surface area contributed by atoms with Crippen molar-refractivity contribution in [1.29, 1.82) is 0 Å². The number of amides is 1. The quantitative estimate of drug-likeness (QED) is 0.546. The Kier molecular flexibility index (Phi) is 6.05. The molecule has 5 rings (SSSR count). The number of benzene rings is 1. The lowest BCUT2D eigenvalue weighted by molar-refractivity contribution is -0.0153. The number of fused-ring (bicyclic) bond motifs is 1. The number of nitrogens with zero attached hydrogens (tertiary/aromatic N) is 5. The van der Waals surface area contributed by atoms with E-state index in [0.717, 1.165) is 23.5 Å². The van der Waals surface area contributed by atoms with Gasteiger partial charge in [0, 0.05) is 32.3 Å². The number of halogens is 3.